The highest BCUT2D eigenvalue weighted by Crippen LogP contribution is 2.42. The van der Waals surface area contributed by atoms with Crippen LogP contribution in [0.4, 0.5) is 0 Å². The molecule has 0 atom stereocenters. The van der Waals surface area contributed by atoms with E-state index in [1.165, 1.54) is 20.2 Å². The van der Waals surface area contributed by atoms with Crippen LogP contribution in [0.2, 0.25) is 0 Å². The highest BCUT2D eigenvalue weighted by Gasteiger charge is 2.23. The summed E-state index contributed by atoms with van der Waals surface area (Å²) in [6.07, 6.45) is 0. The van der Waals surface area contributed by atoms with Crippen molar-refractivity contribution in [1.29, 1.82) is 0 Å². The monoisotopic (exact) mass is 760 g/mol. The van der Waals surface area contributed by atoms with Crippen molar-refractivity contribution in [1.82, 2.24) is 19.5 Å². The SMILES string of the molecule is c1ccc(-c2cccc3oc4cc(-c5nc(-c6ccc7c(c6)sc6ccccc67)nc(-n6c7ccccc7c7ccc8c9ccccc9oc8c76)n5)ccc4c23)cc1. The summed E-state index contributed by atoms with van der Waals surface area (Å²) in [5, 5.41) is 8.87. The number of benzene rings is 8. The van der Waals surface area contributed by atoms with Crippen LogP contribution in [0, 0.1) is 0 Å². The van der Waals surface area contributed by atoms with E-state index in [0.717, 1.165) is 87.9 Å². The van der Waals surface area contributed by atoms with E-state index in [-0.39, 0.29) is 0 Å². The van der Waals surface area contributed by atoms with Gasteiger partial charge in [-0.25, -0.2) is 4.98 Å². The lowest BCUT2D eigenvalue weighted by atomic mass is 9.99. The van der Waals surface area contributed by atoms with Gasteiger partial charge in [-0.1, -0.05) is 121 Å². The zero-order valence-electron chi connectivity index (χ0n) is 30.7. The van der Waals surface area contributed by atoms with Crippen molar-refractivity contribution >= 4 is 97.2 Å². The van der Waals surface area contributed by atoms with Gasteiger partial charge >= 0.3 is 0 Å². The van der Waals surface area contributed by atoms with E-state index < -0.39 is 0 Å². The third-order valence-corrected chi connectivity index (χ3v) is 12.6. The van der Waals surface area contributed by atoms with E-state index in [9.17, 15) is 0 Å². The Kier molecular flexibility index (Phi) is 6.50. The van der Waals surface area contributed by atoms with Crippen molar-refractivity contribution in [3.63, 3.8) is 0 Å². The minimum atomic E-state index is 0.506. The molecule has 0 amide bonds. The smallest absolute Gasteiger partial charge is 0.238 e. The van der Waals surface area contributed by atoms with E-state index in [1.807, 2.05) is 24.3 Å². The third kappa shape index (κ3) is 4.56. The number of nitrogens with zero attached hydrogens (tertiary/aromatic N) is 4. The lowest BCUT2D eigenvalue weighted by Gasteiger charge is -2.11. The topological polar surface area (TPSA) is 69.9 Å². The van der Waals surface area contributed by atoms with E-state index in [0.29, 0.717) is 17.6 Å². The van der Waals surface area contributed by atoms with Crippen LogP contribution in [-0.4, -0.2) is 19.5 Å². The van der Waals surface area contributed by atoms with Gasteiger partial charge in [-0.2, -0.15) is 9.97 Å². The molecule has 0 radical (unpaired) electrons. The van der Waals surface area contributed by atoms with Crippen LogP contribution in [0.1, 0.15) is 0 Å². The first-order valence-electron chi connectivity index (χ1n) is 19.3. The maximum absolute atomic E-state index is 6.68. The molecule has 7 heteroatoms. The van der Waals surface area contributed by atoms with E-state index >= 15 is 0 Å². The van der Waals surface area contributed by atoms with Gasteiger partial charge < -0.3 is 8.83 Å². The Labute approximate surface area is 333 Å². The Bertz CT molecular complexity index is 3820. The zero-order valence-corrected chi connectivity index (χ0v) is 31.5. The van der Waals surface area contributed by atoms with Crippen LogP contribution < -0.4 is 0 Å². The number of hydrogen-bond donors (Lipinski definition) is 0. The predicted molar refractivity (Wildman–Crippen MR) is 238 cm³/mol. The molecule has 0 saturated carbocycles. The number of fused-ring (bicyclic) bond motifs is 13. The van der Waals surface area contributed by atoms with E-state index in [2.05, 4.69) is 150 Å². The number of aromatic nitrogens is 4. The Hall–Kier alpha value is -7.61. The van der Waals surface area contributed by atoms with Gasteiger partial charge in [0.15, 0.2) is 17.2 Å². The molecule has 0 aliphatic heterocycles. The quantitative estimate of drug-likeness (QED) is 0.179. The molecule has 13 aromatic rings. The van der Waals surface area contributed by atoms with Crippen LogP contribution in [0.5, 0.6) is 0 Å². The van der Waals surface area contributed by atoms with Gasteiger partial charge in [0.1, 0.15) is 22.3 Å². The van der Waals surface area contributed by atoms with Crippen molar-refractivity contribution < 1.29 is 8.83 Å². The average Bonchev–Trinajstić information content (AvgIpc) is 4.04. The number of hydrogen-bond acceptors (Lipinski definition) is 6. The molecular formula is C51H28N4O2S. The molecule has 13 rings (SSSR count). The lowest BCUT2D eigenvalue weighted by Crippen LogP contribution is -2.06. The molecule has 8 aromatic carbocycles. The molecule has 0 unspecified atom stereocenters. The standard InChI is InChI=1S/C51H28N4O2S/c1-2-11-29(12-3-1)32-16-10-19-42-46(32)39-24-22-30(27-43(39)56-42)49-52-50(31-21-23-36-35-15-6-9-20-44(35)58-45(36)28-31)54-51(53-49)55-40-17-7-4-13-33(40)37-25-26-38-34-14-5-8-18-41(34)57-48(38)47(37)55/h1-28H. The lowest BCUT2D eigenvalue weighted by molar-refractivity contribution is 0.669. The number of furan rings is 2. The molecule has 0 aliphatic carbocycles. The summed E-state index contributed by atoms with van der Waals surface area (Å²) >= 11 is 1.78. The third-order valence-electron chi connectivity index (χ3n) is 11.5. The molecule has 0 fully saturated rings. The van der Waals surface area contributed by atoms with Gasteiger partial charge in [0, 0.05) is 63.6 Å². The minimum Gasteiger partial charge on any atom is -0.456 e. The Morgan fingerprint density at radius 3 is 1.97 bits per heavy atom. The molecule has 0 N–H and O–H groups in total. The molecule has 5 aromatic heterocycles. The van der Waals surface area contributed by atoms with Gasteiger partial charge in [-0.15, -0.1) is 11.3 Å². The van der Waals surface area contributed by atoms with Gasteiger partial charge in [0.25, 0.3) is 0 Å². The van der Waals surface area contributed by atoms with Crippen molar-refractivity contribution in [2.24, 2.45) is 0 Å². The summed E-state index contributed by atoms with van der Waals surface area (Å²) in [4.78, 5) is 15.9. The van der Waals surface area contributed by atoms with Crippen LogP contribution in [0.25, 0.3) is 126 Å². The second kappa shape index (κ2) is 11.9. The summed E-state index contributed by atoms with van der Waals surface area (Å²) in [5.74, 6) is 1.63. The molecule has 270 valence electrons. The van der Waals surface area contributed by atoms with Gasteiger partial charge in [-0.3, -0.25) is 4.57 Å². The Morgan fingerprint density at radius 1 is 0.414 bits per heavy atom. The van der Waals surface area contributed by atoms with Crippen LogP contribution >= 0.6 is 11.3 Å². The number of thiophene rings is 1. The highest BCUT2D eigenvalue weighted by atomic mass is 32.1. The summed E-state index contributed by atoms with van der Waals surface area (Å²) in [6.45, 7) is 0. The molecule has 0 spiro atoms. The normalized spacial score (nSPS) is 12.1. The van der Waals surface area contributed by atoms with Crippen molar-refractivity contribution in [3.05, 3.63) is 170 Å². The van der Waals surface area contributed by atoms with Crippen LogP contribution in [0.15, 0.2) is 179 Å². The van der Waals surface area contributed by atoms with Gasteiger partial charge in [0.2, 0.25) is 5.95 Å². The largest absolute Gasteiger partial charge is 0.456 e. The van der Waals surface area contributed by atoms with Crippen molar-refractivity contribution in [2.75, 3.05) is 0 Å². The molecular weight excluding hydrogens is 733 g/mol. The molecule has 0 aliphatic rings. The fourth-order valence-corrected chi connectivity index (χ4v) is 9.99. The molecule has 0 bridgehead atoms. The second-order valence-corrected chi connectivity index (χ2v) is 15.8. The summed E-state index contributed by atoms with van der Waals surface area (Å²) in [7, 11) is 0. The summed E-state index contributed by atoms with van der Waals surface area (Å²) in [6, 6.07) is 59.0. The maximum Gasteiger partial charge on any atom is 0.238 e. The van der Waals surface area contributed by atoms with Gasteiger partial charge in [0.05, 0.1) is 5.52 Å². The van der Waals surface area contributed by atoms with E-state index in [4.69, 9.17) is 23.8 Å². The second-order valence-electron chi connectivity index (χ2n) is 14.7. The highest BCUT2D eigenvalue weighted by molar-refractivity contribution is 7.25. The predicted octanol–water partition coefficient (Wildman–Crippen LogP) is 14.1. The average molecular weight is 761 g/mol. The van der Waals surface area contributed by atoms with E-state index in [1.54, 1.807) is 11.3 Å². The summed E-state index contributed by atoms with van der Waals surface area (Å²) < 4.78 is 17.8. The summed E-state index contributed by atoms with van der Waals surface area (Å²) in [5.41, 5.74) is 9.16. The van der Waals surface area contributed by atoms with Crippen molar-refractivity contribution in [3.8, 4) is 39.9 Å². The first-order chi connectivity index (χ1) is 28.7. The molecule has 0 saturated heterocycles. The fourth-order valence-electron chi connectivity index (χ4n) is 8.85. The number of rotatable bonds is 4. The first kappa shape index (κ1) is 31.6. The molecule has 6 nitrogen and oxygen atoms in total. The minimum absolute atomic E-state index is 0.506. The number of para-hydroxylation sites is 2. The fraction of sp³-hybridized carbons (Fsp3) is 0. The zero-order chi connectivity index (χ0) is 37.9. The maximum atomic E-state index is 6.68. The van der Waals surface area contributed by atoms with Crippen LogP contribution in [-0.2, 0) is 0 Å². The van der Waals surface area contributed by atoms with Crippen LogP contribution in [0.3, 0.4) is 0 Å². The molecule has 58 heavy (non-hydrogen) atoms. The molecule has 5 heterocycles. The van der Waals surface area contributed by atoms with Crippen molar-refractivity contribution in [2.45, 2.75) is 0 Å². The Morgan fingerprint density at radius 2 is 1.09 bits per heavy atom. The van der Waals surface area contributed by atoms with Gasteiger partial charge in [-0.05, 0) is 59.7 Å². The Balaban J connectivity index is 1.09. The first-order valence-corrected chi connectivity index (χ1v) is 20.1.